The van der Waals surface area contributed by atoms with Gasteiger partial charge in [-0.25, -0.2) is 0 Å². The second-order valence-corrected chi connectivity index (χ2v) is 5.21. The Kier molecular flexibility index (Phi) is 2.68. The summed E-state index contributed by atoms with van der Waals surface area (Å²) in [5.41, 5.74) is 4.56. The second kappa shape index (κ2) is 4.25. The Morgan fingerprint density at radius 2 is 2.11 bits per heavy atom. The summed E-state index contributed by atoms with van der Waals surface area (Å²) in [6.07, 6.45) is 0. The lowest BCUT2D eigenvalue weighted by molar-refractivity contribution is 0.771. The highest BCUT2D eigenvalue weighted by Gasteiger charge is 2.20. The molecule has 19 heavy (non-hydrogen) atoms. The number of nitrogens with one attached hydrogen (secondary N) is 1. The molecule has 0 bridgehead atoms. The summed E-state index contributed by atoms with van der Waals surface area (Å²) in [4.78, 5) is 3.36. The van der Waals surface area contributed by atoms with Gasteiger partial charge in [0.25, 0.3) is 0 Å². The van der Waals surface area contributed by atoms with Crippen LogP contribution in [0.4, 0.5) is 0 Å². The first kappa shape index (κ1) is 12.0. The average molecular weight is 315 g/mol. The molecular formula is C14H11BrN4. The molecule has 0 saturated heterocycles. The van der Waals surface area contributed by atoms with Crippen molar-refractivity contribution in [2.75, 3.05) is 0 Å². The number of hydrogen-bond acceptors (Lipinski definition) is 2. The van der Waals surface area contributed by atoms with E-state index in [9.17, 15) is 0 Å². The van der Waals surface area contributed by atoms with Crippen LogP contribution in [0.5, 0.6) is 0 Å². The van der Waals surface area contributed by atoms with E-state index >= 15 is 0 Å². The Labute approximate surface area is 118 Å². The van der Waals surface area contributed by atoms with Crippen molar-refractivity contribution in [2.45, 2.75) is 6.92 Å². The Hall–Kier alpha value is -2.06. The Bertz CT molecular complexity index is 820. The fourth-order valence-electron chi connectivity index (χ4n) is 2.42. The molecule has 0 unspecified atom stereocenters. The van der Waals surface area contributed by atoms with Gasteiger partial charge in [0.1, 0.15) is 6.07 Å². The largest absolute Gasteiger partial charge is 0.358 e. The van der Waals surface area contributed by atoms with E-state index in [1.165, 1.54) is 0 Å². The van der Waals surface area contributed by atoms with Gasteiger partial charge in [-0.15, -0.1) is 0 Å². The first-order chi connectivity index (χ1) is 9.13. The van der Waals surface area contributed by atoms with Gasteiger partial charge >= 0.3 is 0 Å². The fourth-order valence-corrected chi connectivity index (χ4v) is 3.05. The molecule has 0 spiro atoms. The number of aromatic amines is 1. The Morgan fingerprint density at radius 3 is 2.79 bits per heavy atom. The second-order valence-electron chi connectivity index (χ2n) is 4.42. The molecule has 0 radical (unpaired) electrons. The lowest BCUT2D eigenvalue weighted by Crippen LogP contribution is -1.94. The van der Waals surface area contributed by atoms with Crippen LogP contribution in [0, 0.1) is 18.3 Å². The van der Waals surface area contributed by atoms with E-state index in [1.54, 1.807) is 4.68 Å². The first-order valence-corrected chi connectivity index (χ1v) is 6.63. The van der Waals surface area contributed by atoms with E-state index in [1.807, 2.05) is 32.2 Å². The number of fused-ring (bicyclic) bond motifs is 1. The van der Waals surface area contributed by atoms with Crippen molar-refractivity contribution in [1.29, 1.82) is 5.26 Å². The van der Waals surface area contributed by atoms with E-state index in [0.29, 0.717) is 5.69 Å². The number of H-pyrrole nitrogens is 1. The molecule has 0 aliphatic rings. The van der Waals surface area contributed by atoms with Crippen molar-refractivity contribution >= 4 is 26.8 Å². The molecular weight excluding hydrogens is 304 g/mol. The minimum absolute atomic E-state index is 0.405. The fraction of sp³-hybridized carbons (Fsp3) is 0.143. The standard InChI is InChI=1S/C14H11BrN4/c1-8-12(9-5-3-4-6-10(9)17-8)14-13(15)11(7-16)18-19(14)2/h3-6,17H,1-2H3. The molecule has 0 atom stereocenters. The summed E-state index contributed by atoms with van der Waals surface area (Å²) in [6, 6.07) is 10.2. The molecule has 0 amide bonds. The zero-order chi connectivity index (χ0) is 13.6. The molecule has 0 aliphatic heterocycles. The highest BCUT2D eigenvalue weighted by atomic mass is 79.9. The SMILES string of the molecule is Cc1[nH]c2ccccc2c1-c1c(Br)c(C#N)nn1C. The summed E-state index contributed by atoms with van der Waals surface area (Å²) >= 11 is 3.48. The first-order valence-electron chi connectivity index (χ1n) is 5.83. The molecule has 2 aromatic heterocycles. The molecule has 3 aromatic rings. The molecule has 1 N–H and O–H groups in total. The van der Waals surface area contributed by atoms with Crippen molar-refractivity contribution in [1.82, 2.24) is 14.8 Å². The van der Waals surface area contributed by atoms with E-state index < -0.39 is 0 Å². The summed E-state index contributed by atoms with van der Waals surface area (Å²) in [6.45, 7) is 2.03. The zero-order valence-electron chi connectivity index (χ0n) is 10.5. The minimum Gasteiger partial charge on any atom is -0.358 e. The molecule has 0 saturated carbocycles. The van der Waals surface area contributed by atoms with E-state index in [0.717, 1.165) is 32.3 Å². The number of benzene rings is 1. The number of halogens is 1. The molecule has 0 aliphatic carbocycles. The number of aryl methyl sites for hydroxylation is 2. The lowest BCUT2D eigenvalue weighted by atomic mass is 10.1. The highest BCUT2D eigenvalue weighted by molar-refractivity contribution is 9.10. The molecule has 3 rings (SSSR count). The minimum atomic E-state index is 0.405. The van der Waals surface area contributed by atoms with Crippen LogP contribution in [0.25, 0.3) is 22.2 Å². The van der Waals surface area contributed by atoms with Gasteiger partial charge in [0.2, 0.25) is 0 Å². The van der Waals surface area contributed by atoms with Gasteiger partial charge in [0.15, 0.2) is 5.69 Å². The number of nitrogens with zero attached hydrogens (tertiary/aromatic N) is 3. The van der Waals surface area contributed by atoms with Crippen LogP contribution in [-0.4, -0.2) is 14.8 Å². The summed E-state index contributed by atoms with van der Waals surface area (Å²) in [5, 5.41) is 14.4. The van der Waals surface area contributed by atoms with Crippen molar-refractivity contribution in [2.24, 2.45) is 7.05 Å². The average Bonchev–Trinajstić information content (AvgIpc) is 2.86. The Morgan fingerprint density at radius 1 is 1.37 bits per heavy atom. The molecule has 1 aromatic carbocycles. The normalized spacial score (nSPS) is 10.8. The topological polar surface area (TPSA) is 57.4 Å². The van der Waals surface area contributed by atoms with E-state index in [2.05, 4.69) is 38.1 Å². The van der Waals surface area contributed by atoms with Gasteiger partial charge in [-0.1, -0.05) is 18.2 Å². The van der Waals surface area contributed by atoms with Gasteiger partial charge in [0, 0.05) is 29.2 Å². The van der Waals surface area contributed by atoms with Gasteiger partial charge in [0.05, 0.1) is 10.2 Å². The summed E-state index contributed by atoms with van der Waals surface area (Å²) in [5.74, 6) is 0. The van der Waals surface area contributed by atoms with Crippen LogP contribution in [0.2, 0.25) is 0 Å². The van der Waals surface area contributed by atoms with Crippen molar-refractivity contribution < 1.29 is 0 Å². The number of para-hydroxylation sites is 1. The third-order valence-electron chi connectivity index (χ3n) is 3.23. The number of nitriles is 1. The number of aromatic nitrogens is 3. The molecule has 94 valence electrons. The van der Waals surface area contributed by atoms with Crippen LogP contribution >= 0.6 is 15.9 Å². The quantitative estimate of drug-likeness (QED) is 0.747. The third-order valence-corrected chi connectivity index (χ3v) is 3.98. The number of rotatable bonds is 1. The molecule has 4 nitrogen and oxygen atoms in total. The van der Waals surface area contributed by atoms with Crippen LogP contribution < -0.4 is 0 Å². The zero-order valence-corrected chi connectivity index (χ0v) is 12.1. The predicted molar refractivity (Wildman–Crippen MR) is 77.7 cm³/mol. The van der Waals surface area contributed by atoms with Crippen LogP contribution in [-0.2, 0) is 7.05 Å². The van der Waals surface area contributed by atoms with Crippen LogP contribution in [0.3, 0.4) is 0 Å². The predicted octanol–water partition coefficient (Wildman–Crippen LogP) is 3.51. The monoisotopic (exact) mass is 314 g/mol. The van der Waals surface area contributed by atoms with Gasteiger partial charge < -0.3 is 4.98 Å². The van der Waals surface area contributed by atoms with Crippen molar-refractivity contribution in [3.63, 3.8) is 0 Å². The summed E-state index contributed by atoms with van der Waals surface area (Å²) in [7, 11) is 1.85. The van der Waals surface area contributed by atoms with Gasteiger partial charge in [-0.2, -0.15) is 10.4 Å². The molecule has 5 heteroatoms. The van der Waals surface area contributed by atoms with E-state index in [-0.39, 0.29) is 0 Å². The Balaban J connectivity index is 2.40. The van der Waals surface area contributed by atoms with E-state index in [4.69, 9.17) is 5.26 Å². The molecule has 0 fully saturated rings. The lowest BCUT2D eigenvalue weighted by Gasteiger charge is -2.03. The van der Waals surface area contributed by atoms with Crippen LogP contribution in [0.15, 0.2) is 28.7 Å². The third kappa shape index (κ3) is 1.68. The smallest absolute Gasteiger partial charge is 0.177 e. The summed E-state index contributed by atoms with van der Waals surface area (Å²) < 4.78 is 2.48. The van der Waals surface area contributed by atoms with Gasteiger partial charge in [-0.3, -0.25) is 4.68 Å². The highest BCUT2D eigenvalue weighted by Crippen LogP contribution is 2.37. The number of hydrogen-bond donors (Lipinski definition) is 1. The van der Waals surface area contributed by atoms with Crippen LogP contribution in [0.1, 0.15) is 11.4 Å². The maximum atomic E-state index is 9.07. The maximum absolute atomic E-state index is 9.07. The molecule has 2 heterocycles. The van der Waals surface area contributed by atoms with Gasteiger partial charge in [-0.05, 0) is 28.9 Å². The maximum Gasteiger partial charge on any atom is 0.177 e. The van der Waals surface area contributed by atoms with Crippen molar-refractivity contribution in [3.8, 4) is 17.3 Å². The van der Waals surface area contributed by atoms with Crippen molar-refractivity contribution in [3.05, 3.63) is 40.1 Å².